The van der Waals surface area contributed by atoms with Crippen LogP contribution in [0.1, 0.15) is 22.8 Å². The fraction of sp³-hybridized carbons (Fsp3) is 0.308. The lowest BCUT2D eigenvalue weighted by Gasteiger charge is -2.10. The van der Waals surface area contributed by atoms with Gasteiger partial charge in [0.25, 0.3) is 5.69 Å². The zero-order chi connectivity index (χ0) is 16.7. The van der Waals surface area contributed by atoms with Crippen molar-refractivity contribution in [3.63, 3.8) is 0 Å². The molecule has 0 amide bonds. The summed E-state index contributed by atoms with van der Waals surface area (Å²) in [7, 11) is 3.48. The highest BCUT2D eigenvalue weighted by Crippen LogP contribution is 2.29. The van der Waals surface area contributed by atoms with Crippen molar-refractivity contribution in [2.75, 3.05) is 26.2 Å². The van der Waals surface area contributed by atoms with Crippen molar-refractivity contribution in [1.29, 1.82) is 0 Å². The van der Waals surface area contributed by atoms with Crippen LogP contribution in [-0.2, 0) is 9.73 Å². The van der Waals surface area contributed by atoms with Gasteiger partial charge >= 0.3 is 5.97 Å². The first-order chi connectivity index (χ1) is 10.4. The van der Waals surface area contributed by atoms with E-state index in [2.05, 4.69) is 4.99 Å². The SMILES string of the molecule is CCOC(=O)c1cc(NOO)cc([N+](=O)[O-])c1/C=C/N(C)C. The summed E-state index contributed by atoms with van der Waals surface area (Å²) in [5, 5.41) is 19.6. The second-order valence-electron chi connectivity index (χ2n) is 4.41. The Kier molecular flexibility index (Phi) is 6.29. The zero-order valence-electron chi connectivity index (χ0n) is 12.4. The minimum absolute atomic E-state index is 0.0197. The Morgan fingerprint density at radius 2 is 2.18 bits per heavy atom. The van der Waals surface area contributed by atoms with Gasteiger partial charge in [0, 0.05) is 20.2 Å². The first-order valence-electron chi connectivity index (χ1n) is 6.31. The number of anilines is 1. The third kappa shape index (κ3) is 4.43. The van der Waals surface area contributed by atoms with Gasteiger partial charge in [-0.05, 0) is 25.3 Å². The number of ether oxygens (including phenoxy) is 1. The average molecular weight is 311 g/mol. The Morgan fingerprint density at radius 3 is 2.68 bits per heavy atom. The van der Waals surface area contributed by atoms with E-state index in [-0.39, 0.29) is 29.1 Å². The van der Waals surface area contributed by atoms with Crippen molar-refractivity contribution in [3.05, 3.63) is 39.6 Å². The molecule has 0 fully saturated rings. The summed E-state index contributed by atoms with van der Waals surface area (Å²) in [6, 6.07) is 2.42. The molecule has 0 saturated carbocycles. The minimum atomic E-state index is -0.717. The van der Waals surface area contributed by atoms with E-state index in [4.69, 9.17) is 9.99 Å². The lowest BCUT2D eigenvalue weighted by atomic mass is 10.0. The van der Waals surface area contributed by atoms with Crippen LogP contribution >= 0.6 is 0 Å². The molecule has 0 heterocycles. The van der Waals surface area contributed by atoms with Gasteiger partial charge < -0.3 is 9.64 Å². The molecule has 9 heteroatoms. The Balaban J connectivity index is 3.51. The maximum Gasteiger partial charge on any atom is 0.339 e. The van der Waals surface area contributed by atoms with E-state index in [1.807, 2.05) is 5.48 Å². The van der Waals surface area contributed by atoms with Crippen LogP contribution in [0.2, 0.25) is 0 Å². The molecule has 1 aromatic carbocycles. The molecule has 9 nitrogen and oxygen atoms in total. The highest BCUT2D eigenvalue weighted by molar-refractivity contribution is 5.97. The summed E-state index contributed by atoms with van der Waals surface area (Å²) in [4.78, 5) is 28.0. The van der Waals surface area contributed by atoms with Crippen LogP contribution in [0.4, 0.5) is 11.4 Å². The summed E-state index contributed by atoms with van der Waals surface area (Å²) in [5.74, 6) is -0.717. The van der Waals surface area contributed by atoms with Gasteiger partial charge in [-0.3, -0.25) is 10.1 Å². The van der Waals surface area contributed by atoms with Crippen molar-refractivity contribution in [3.8, 4) is 0 Å². The van der Waals surface area contributed by atoms with Gasteiger partial charge in [0.2, 0.25) is 0 Å². The minimum Gasteiger partial charge on any atom is -0.462 e. The molecule has 0 atom stereocenters. The average Bonchev–Trinajstić information content (AvgIpc) is 2.45. The summed E-state index contributed by atoms with van der Waals surface area (Å²) >= 11 is 0. The normalized spacial score (nSPS) is 10.5. The molecule has 0 spiro atoms. The van der Waals surface area contributed by atoms with Crippen LogP contribution < -0.4 is 5.48 Å². The molecule has 0 aliphatic heterocycles. The maximum atomic E-state index is 12.0. The van der Waals surface area contributed by atoms with Crippen molar-refractivity contribution < 1.29 is 24.7 Å². The van der Waals surface area contributed by atoms with E-state index in [0.29, 0.717) is 0 Å². The molecule has 0 unspecified atom stereocenters. The van der Waals surface area contributed by atoms with Gasteiger partial charge in [0.05, 0.1) is 28.3 Å². The number of benzene rings is 1. The van der Waals surface area contributed by atoms with E-state index in [9.17, 15) is 14.9 Å². The Bertz CT molecular complexity index is 585. The Labute approximate surface area is 126 Å². The van der Waals surface area contributed by atoms with Crippen molar-refractivity contribution >= 4 is 23.4 Å². The molecule has 0 aromatic heterocycles. The lowest BCUT2D eigenvalue weighted by Crippen LogP contribution is -2.10. The molecule has 1 rings (SSSR count). The van der Waals surface area contributed by atoms with E-state index in [1.165, 1.54) is 12.1 Å². The number of rotatable bonds is 7. The molecule has 2 N–H and O–H groups in total. The summed E-state index contributed by atoms with van der Waals surface area (Å²) in [6.45, 7) is 1.75. The van der Waals surface area contributed by atoms with Crippen LogP contribution in [0, 0.1) is 10.1 Å². The molecule has 1 aromatic rings. The predicted molar refractivity (Wildman–Crippen MR) is 79.1 cm³/mol. The summed E-state index contributed by atoms with van der Waals surface area (Å²) < 4.78 is 4.90. The first-order valence-corrected chi connectivity index (χ1v) is 6.31. The van der Waals surface area contributed by atoms with Gasteiger partial charge in [0.1, 0.15) is 0 Å². The number of hydrogen-bond donors (Lipinski definition) is 2. The van der Waals surface area contributed by atoms with Gasteiger partial charge in [-0.15, -0.1) is 4.99 Å². The Hall–Kier alpha value is -2.65. The zero-order valence-corrected chi connectivity index (χ0v) is 12.4. The predicted octanol–water partition coefficient (Wildman–Crippen LogP) is 2.12. The monoisotopic (exact) mass is 311 g/mol. The van der Waals surface area contributed by atoms with Crippen LogP contribution in [0.25, 0.3) is 6.08 Å². The molecule has 0 bridgehead atoms. The summed E-state index contributed by atoms with van der Waals surface area (Å²) in [6.07, 6.45) is 3.01. The van der Waals surface area contributed by atoms with Gasteiger partial charge in [0.15, 0.2) is 0 Å². The van der Waals surface area contributed by atoms with E-state index < -0.39 is 10.9 Å². The number of esters is 1. The summed E-state index contributed by atoms with van der Waals surface area (Å²) in [5.41, 5.74) is 1.83. The topological polar surface area (TPSA) is 114 Å². The molecule has 0 aliphatic rings. The molecule has 0 radical (unpaired) electrons. The highest BCUT2D eigenvalue weighted by Gasteiger charge is 2.23. The second-order valence-corrected chi connectivity index (χ2v) is 4.41. The fourth-order valence-corrected chi connectivity index (χ4v) is 1.68. The van der Waals surface area contributed by atoms with Gasteiger partial charge in [-0.25, -0.2) is 15.5 Å². The first kappa shape index (κ1) is 17.4. The van der Waals surface area contributed by atoms with Crippen molar-refractivity contribution in [2.45, 2.75) is 6.92 Å². The second kappa shape index (κ2) is 7.96. The van der Waals surface area contributed by atoms with Crippen molar-refractivity contribution in [2.24, 2.45) is 0 Å². The van der Waals surface area contributed by atoms with Crippen molar-refractivity contribution in [1.82, 2.24) is 4.90 Å². The van der Waals surface area contributed by atoms with Gasteiger partial charge in [-0.1, -0.05) is 0 Å². The quantitative estimate of drug-likeness (QED) is 0.340. The Morgan fingerprint density at radius 1 is 1.50 bits per heavy atom. The lowest BCUT2D eigenvalue weighted by molar-refractivity contribution is -0.385. The molecule has 22 heavy (non-hydrogen) atoms. The fourth-order valence-electron chi connectivity index (χ4n) is 1.68. The van der Waals surface area contributed by atoms with E-state index in [1.54, 1.807) is 32.1 Å². The van der Waals surface area contributed by atoms with Gasteiger partial charge in [-0.2, -0.15) is 0 Å². The molecular weight excluding hydrogens is 294 g/mol. The molecular formula is C13H17N3O6. The number of hydrogen-bond acceptors (Lipinski definition) is 8. The van der Waals surface area contributed by atoms with Crippen LogP contribution in [0.5, 0.6) is 0 Å². The van der Waals surface area contributed by atoms with Crippen LogP contribution in [0.15, 0.2) is 18.3 Å². The highest BCUT2D eigenvalue weighted by atomic mass is 17.2. The number of nitro groups is 1. The number of nitrogens with one attached hydrogen (secondary N) is 1. The smallest absolute Gasteiger partial charge is 0.339 e. The van der Waals surface area contributed by atoms with E-state index in [0.717, 1.165) is 6.07 Å². The number of carbonyl (C=O) groups is 1. The maximum absolute atomic E-state index is 12.0. The third-order valence-electron chi connectivity index (χ3n) is 2.55. The molecule has 120 valence electrons. The third-order valence-corrected chi connectivity index (χ3v) is 2.55. The molecule has 0 saturated heterocycles. The van der Waals surface area contributed by atoms with Crippen LogP contribution in [0.3, 0.4) is 0 Å². The molecule has 0 aliphatic carbocycles. The number of nitrogens with zero attached hydrogens (tertiary/aromatic N) is 2. The van der Waals surface area contributed by atoms with E-state index >= 15 is 0 Å². The van der Waals surface area contributed by atoms with Crippen LogP contribution in [-0.4, -0.2) is 41.8 Å². The number of nitro benzene ring substituents is 1. The largest absolute Gasteiger partial charge is 0.462 e. The standard InChI is InChI=1S/C13H17N3O6/c1-4-21-13(17)11-7-9(14-22-20)8-12(16(18)19)10(11)5-6-15(2)3/h5-8,14,20H,4H2,1-3H3/b6-5+. The number of carbonyl (C=O) groups excluding carboxylic acids is 1.